The normalized spacial score (nSPS) is 8.93. The van der Waals surface area contributed by atoms with E-state index in [2.05, 4.69) is 0 Å². The number of carbonyl (C=O) groups is 1. The molecule has 0 spiro atoms. The molecule has 14 heavy (non-hydrogen) atoms. The molecule has 0 bridgehead atoms. The number of hydrogen-bond acceptors (Lipinski definition) is 3. The first kappa shape index (κ1) is 13.5. The summed E-state index contributed by atoms with van der Waals surface area (Å²) in [6.45, 7) is 2.30. The maximum absolute atomic E-state index is 11.2. The monoisotopic (exact) mass is 202 g/mol. The van der Waals surface area contributed by atoms with E-state index in [1.165, 1.54) is 12.1 Å². The fourth-order valence-corrected chi connectivity index (χ4v) is 0.901. The number of rotatable bonds is 3. The molecule has 0 saturated carbocycles. The Hall–Kier alpha value is -0.510. The first-order valence-electron chi connectivity index (χ1n) is 4.18. The van der Waals surface area contributed by atoms with E-state index in [0.717, 1.165) is 6.42 Å². The average Bonchev–Trinajstić information content (AvgIpc) is 2.14. The zero-order valence-electron chi connectivity index (χ0n) is 8.45. The maximum Gasteiger partial charge on any atom is 1.00 e. The third kappa shape index (κ3) is 4.13. The van der Waals surface area contributed by atoms with Crippen LogP contribution in [-0.2, 0) is 4.74 Å². The number of ether oxygens (including phenoxy) is 1. The average molecular weight is 202 g/mol. The predicted molar refractivity (Wildman–Crippen MR) is 46.5 cm³/mol. The van der Waals surface area contributed by atoms with Crippen molar-refractivity contribution in [2.24, 2.45) is 0 Å². The summed E-state index contributed by atoms with van der Waals surface area (Å²) in [7, 11) is 0. The Morgan fingerprint density at radius 3 is 2.79 bits per heavy atom. The van der Waals surface area contributed by atoms with Gasteiger partial charge in [0.15, 0.2) is 0 Å². The van der Waals surface area contributed by atoms with Crippen LogP contribution in [0.4, 0.5) is 0 Å². The van der Waals surface area contributed by atoms with Crippen LogP contribution in [-0.4, -0.2) is 12.6 Å². The molecule has 0 aliphatic carbocycles. The topological polar surface area (TPSA) is 49.4 Å². The fraction of sp³-hybridized carbons (Fsp3) is 0.300. The van der Waals surface area contributed by atoms with Gasteiger partial charge in [0.25, 0.3) is 0 Å². The fourth-order valence-electron chi connectivity index (χ4n) is 0.901. The molecule has 1 rings (SSSR count). The van der Waals surface area contributed by atoms with Gasteiger partial charge in [-0.05, 0) is 12.5 Å². The quantitative estimate of drug-likeness (QED) is 0.435. The summed E-state index contributed by atoms with van der Waals surface area (Å²) in [6.07, 6.45) is 0.781. The summed E-state index contributed by atoms with van der Waals surface area (Å²) in [5, 5.41) is 10.9. The maximum atomic E-state index is 11.2. The standard InChI is InChI=1S/C10H12O3.Na/c1-2-6-13-10(12)8-4-3-5-9(11)7-8;/h3-5,7,11H,2,6H2,1H3;/q;+1/p-1. The third-order valence-electron chi connectivity index (χ3n) is 1.51. The number of hydrogen-bond donors (Lipinski definition) is 0. The summed E-state index contributed by atoms with van der Waals surface area (Å²) in [6, 6.07) is 5.79. The van der Waals surface area contributed by atoms with Gasteiger partial charge in [-0.3, -0.25) is 0 Å². The van der Waals surface area contributed by atoms with E-state index < -0.39 is 5.97 Å². The van der Waals surface area contributed by atoms with E-state index in [1.807, 2.05) is 6.92 Å². The van der Waals surface area contributed by atoms with Crippen molar-refractivity contribution in [1.82, 2.24) is 0 Å². The van der Waals surface area contributed by atoms with E-state index in [-0.39, 0.29) is 35.3 Å². The van der Waals surface area contributed by atoms with Crippen molar-refractivity contribution in [2.45, 2.75) is 13.3 Å². The number of esters is 1. The van der Waals surface area contributed by atoms with E-state index in [0.29, 0.717) is 12.2 Å². The van der Waals surface area contributed by atoms with E-state index >= 15 is 0 Å². The Morgan fingerprint density at radius 2 is 2.21 bits per heavy atom. The second kappa shape index (κ2) is 6.87. The molecule has 0 radical (unpaired) electrons. The van der Waals surface area contributed by atoms with Crippen molar-refractivity contribution in [3.63, 3.8) is 0 Å². The predicted octanol–water partition coefficient (Wildman–Crippen LogP) is -1.67. The third-order valence-corrected chi connectivity index (χ3v) is 1.51. The van der Waals surface area contributed by atoms with Gasteiger partial charge in [-0.15, -0.1) is 5.75 Å². The molecular weight excluding hydrogens is 191 g/mol. The summed E-state index contributed by atoms with van der Waals surface area (Å²) in [5.41, 5.74) is 0.320. The molecule has 0 amide bonds. The minimum atomic E-state index is -0.431. The molecule has 0 aromatic heterocycles. The van der Waals surface area contributed by atoms with Gasteiger partial charge >= 0.3 is 35.5 Å². The molecule has 1 aromatic carbocycles. The SMILES string of the molecule is CCCOC(=O)c1cccc([O-])c1.[Na+]. The smallest absolute Gasteiger partial charge is 0.872 e. The van der Waals surface area contributed by atoms with Gasteiger partial charge in [0, 0.05) is 0 Å². The van der Waals surface area contributed by atoms with Gasteiger partial charge in [0.1, 0.15) is 0 Å². The summed E-state index contributed by atoms with van der Waals surface area (Å²) >= 11 is 0. The molecule has 0 N–H and O–H groups in total. The van der Waals surface area contributed by atoms with Crippen molar-refractivity contribution in [1.29, 1.82) is 0 Å². The molecule has 0 saturated heterocycles. The summed E-state index contributed by atoms with van der Waals surface area (Å²) < 4.78 is 4.85. The first-order valence-corrected chi connectivity index (χ1v) is 4.18. The minimum absolute atomic E-state index is 0. The Morgan fingerprint density at radius 1 is 1.50 bits per heavy atom. The molecule has 4 heteroatoms. The van der Waals surface area contributed by atoms with Crippen molar-refractivity contribution in [3.8, 4) is 5.75 Å². The van der Waals surface area contributed by atoms with Crippen molar-refractivity contribution in [3.05, 3.63) is 29.8 Å². The van der Waals surface area contributed by atoms with Crippen LogP contribution in [0.1, 0.15) is 23.7 Å². The molecule has 0 heterocycles. The van der Waals surface area contributed by atoms with Gasteiger partial charge in [0.05, 0.1) is 12.2 Å². The van der Waals surface area contributed by atoms with Crippen LogP contribution in [0, 0.1) is 0 Å². The molecule has 1 aromatic rings. The first-order chi connectivity index (χ1) is 6.24. The van der Waals surface area contributed by atoms with Crippen molar-refractivity contribution >= 4 is 5.97 Å². The van der Waals surface area contributed by atoms with Gasteiger partial charge < -0.3 is 9.84 Å². The van der Waals surface area contributed by atoms with Crippen molar-refractivity contribution < 1.29 is 44.2 Å². The second-order valence-electron chi connectivity index (χ2n) is 2.66. The zero-order chi connectivity index (χ0) is 9.68. The van der Waals surface area contributed by atoms with Crippen LogP contribution < -0.4 is 34.7 Å². The van der Waals surface area contributed by atoms with Crippen LogP contribution in [0.3, 0.4) is 0 Å². The van der Waals surface area contributed by atoms with Crippen LogP contribution in [0.2, 0.25) is 0 Å². The van der Waals surface area contributed by atoms with E-state index in [9.17, 15) is 9.90 Å². The van der Waals surface area contributed by atoms with E-state index in [1.54, 1.807) is 12.1 Å². The Kier molecular flexibility index (Phi) is 6.62. The molecule has 0 aliphatic rings. The van der Waals surface area contributed by atoms with Gasteiger partial charge in [0.2, 0.25) is 0 Å². The molecule has 0 atom stereocenters. The van der Waals surface area contributed by atoms with Crippen molar-refractivity contribution in [2.75, 3.05) is 6.61 Å². The van der Waals surface area contributed by atoms with Crippen LogP contribution in [0.15, 0.2) is 24.3 Å². The summed E-state index contributed by atoms with van der Waals surface area (Å²) in [4.78, 5) is 11.2. The molecule has 70 valence electrons. The molecule has 0 fully saturated rings. The minimum Gasteiger partial charge on any atom is -0.872 e. The van der Waals surface area contributed by atoms with Gasteiger partial charge in [-0.2, -0.15) is 0 Å². The van der Waals surface area contributed by atoms with Crippen LogP contribution >= 0.6 is 0 Å². The van der Waals surface area contributed by atoms with Gasteiger partial charge in [-0.1, -0.05) is 25.1 Å². The molecular formula is C10H11NaO3. The largest absolute Gasteiger partial charge is 1.00 e. The van der Waals surface area contributed by atoms with E-state index in [4.69, 9.17) is 4.74 Å². The number of benzene rings is 1. The zero-order valence-corrected chi connectivity index (χ0v) is 10.4. The molecule has 3 nitrogen and oxygen atoms in total. The van der Waals surface area contributed by atoms with Crippen LogP contribution in [0.25, 0.3) is 0 Å². The Balaban J connectivity index is 0.00000169. The second-order valence-corrected chi connectivity index (χ2v) is 2.66. The Bertz CT molecular complexity index is 299. The Labute approximate surface area is 105 Å². The van der Waals surface area contributed by atoms with Crippen LogP contribution in [0.5, 0.6) is 5.75 Å². The number of carbonyl (C=O) groups excluding carboxylic acids is 1. The molecule has 0 aliphatic heterocycles. The van der Waals surface area contributed by atoms with Gasteiger partial charge in [-0.25, -0.2) is 4.79 Å². The molecule has 0 unspecified atom stereocenters. The summed E-state index contributed by atoms with van der Waals surface area (Å²) in [5.74, 6) is -0.606.